The minimum absolute atomic E-state index is 0.301. The van der Waals surface area contributed by atoms with Crippen LogP contribution < -0.4 is 9.47 Å². The van der Waals surface area contributed by atoms with Gasteiger partial charge in [0.2, 0.25) is 5.88 Å². The molecule has 2 aromatic heterocycles. The average Bonchev–Trinajstić information content (AvgIpc) is 3.32. The Morgan fingerprint density at radius 2 is 1.95 bits per heavy atom. The zero-order valence-corrected chi connectivity index (χ0v) is 20.9. The number of nitriles is 1. The normalized spacial score (nSPS) is 13.1. The van der Waals surface area contributed by atoms with Crippen LogP contribution in [0.2, 0.25) is 0 Å². The number of pyridine rings is 1. The van der Waals surface area contributed by atoms with Gasteiger partial charge in [-0.1, -0.05) is 24.3 Å². The Morgan fingerprint density at radius 3 is 2.84 bits per heavy atom. The second-order valence-electron chi connectivity index (χ2n) is 9.53. The third-order valence-corrected chi connectivity index (χ3v) is 6.72. The molecule has 1 N–H and O–H groups in total. The molecular formula is C31H25FN4O2. The Balaban J connectivity index is 1.38. The van der Waals surface area contributed by atoms with Crippen molar-refractivity contribution >= 4 is 11.0 Å². The lowest BCUT2D eigenvalue weighted by Gasteiger charge is -2.14. The van der Waals surface area contributed by atoms with E-state index < -0.39 is 5.82 Å². The molecule has 0 atom stereocenters. The minimum atomic E-state index is -0.390. The van der Waals surface area contributed by atoms with Crippen molar-refractivity contribution in [2.24, 2.45) is 0 Å². The molecule has 1 aliphatic rings. The molecule has 6 rings (SSSR count). The predicted molar refractivity (Wildman–Crippen MR) is 143 cm³/mol. The van der Waals surface area contributed by atoms with E-state index in [0.717, 1.165) is 33.5 Å². The highest BCUT2D eigenvalue weighted by Gasteiger charge is 2.17. The lowest BCUT2D eigenvalue weighted by molar-refractivity contribution is 0.294. The number of nitrogens with zero attached hydrogens (tertiary/aromatic N) is 3. The molecule has 6 bridgehead atoms. The van der Waals surface area contributed by atoms with Gasteiger partial charge in [-0.15, -0.1) is 0 Å². The number of hydrogen-bond donors (Lipinski definition) is 1. The second-order valence-corrected chi connectivity index (χ2v) is 9.53. The Morgan fingerprint density at radius 1 is 1.03 bits per heavy atom. The molecule has 188 valence electrons. The van der Waals surface area contributed by atoms with Gasteiger partial charge >= 0.3 is 0 Å². The second kappa shape index (κ2) is 9.98. The van der Waals surface area contributed by atoms with Crippen LogP contribution in [-0.4, -0.2) is 21.6 Å². The lowest BCUT2D eigenvalue weighted by atomic mass is 10.0. The fourth-order valence-corrected chi connectivity index (χ4v) is 4.80. The molecule has 0 spiro atoms. The Hall–Kier alpha value is -4.70. The van der Waals surface area contributed by atoms with Gasteiger partial charge in [-0.05, 0) is 72.9 Å². The molecule has 3 aromatic carbocycles. The average molecular weight is 505 g/mol. The molecule has 0 amide bonds. The molecular weight excluding hydrogens is 479 g/mol. The number of benzene rings is 3. The summed E-state index contributed by atoms with van der Waals surface area (Å²) in [6, 6.07) is 22.5. The van der Waals surface area contributed by atoms with E-state index in [9.17, 15) is 5.26 Å². The van der Waals surface area contributed by atoms with Crippen LogP contribution in [0.25, 0.3) is 22.3 Å². The van der Waals surface area contributed by atoms with Crippen LogP contribution in [0.4, 0.5) is 4.39 Å². The fourth-order valence-electron chi connectivity index (χ4n) is 4.80. The maximum absolute atomic E-state index is 15.5. The van der Waals surface area contributed by atoms with Crippen molar-refractivity contribution in [2.45, 2.75) is 32.8 Å². The highest BCUT2D eigenvalue weighted by Crippen LogP contribution is 2.32. The number of fused-ring (bicyclic) bond motifs is 8. The summed E-state index contributed by atoms with van der Waals surface area (Å²) in [4.78, 5) is 12.6. The molecule has 0 radical (unpaired) electrons. The van der Waals surface area contributed by atoms with Crippen LogP contribution in [-0.2, 0) is 19.4 Å². The van der Waals surface area contributed by atoms with Crippen LogP contribution in [0.1, 0.15) is 40.1 Å². The van der Waals surface area contributed by atoms with Crippen molar-refractivity contribution in [1.82, 2.24) is 15.0 Å². The van der Waals surface area contributed by atoms with Crippen molar-refractivity contribution in [1.29, 1.82) is 5.26 Å². The number of ether oxygens (including phenoxy) is 2. The molecule has 38 heavy (non-hydrogen) atoms. The first-order valence-electron chi connectivity index (χ1n) is 12.6. The number of aromatic amines is 1. The SMILES string of the molecule is Cc1ccc2nc(Cc3cc(F)c4cc3OCCCc3cc(ccc3C#N)COc3cccc-4n3)[nH]c2c1. The van der Waals surface area contributed by atoms with Crippen molar-refractivity contribution in [3.63, 3.8) is 0 Å². The zero-order chi connectivity index (χ0) is 26.1. The summed E-state index contributed by atoms with van der Waals surface area (Å²) in [5.74, 6) is 1.32. The number of aromatic nitrogens is 3. The van der Waals surface area contributed by atoms with E-state index >= 15 is 4.39 Å². The van der Waals surface area contributed by atoms with Crippen LogP contribution in [0, 0.1) is 24.1 Å². The van der Waals surface area contributed by atoms with E-state index in [1.54, 1.807) is 24.3 Å². The van der Waals surface area contributed by atoms with Crippen molar-refractivity contribution in [3.8, 4) is 29.0 Å². The van der Waals surface area contributed by atoms with E-state index in [1.165, 1.54) is 6.07 Å². The number of H-pyrrole nitrogens is 1. The van der Waals surface area contributed by atoms with Gasteiger partial charge in [0.1, 0.15) is 24.0 Å². The van der Waals surface area contributed by atoms with E-state index in [1.807, 2.05) is 43.3 Å². The van der Waals surface area contributed by atoms with Gasteiger partial charge in [-0.3, -0.25) is 0 Å². The first kappa shape index (κ1) is 23.7. The van der Waals surface area contributed by atoms with Gasteiger partial charge in [0, 0.05) is 23.6 Å². The van der Waals surface area contributed by atoms with Gasteiger partial charge in [0.25, 0.3) is 0 Å². The topological polar surface area (TPSA) is 83.8 Å². The van der Waals surface area contributed by atoms with Gasteiger partial charge in [-0.25, -0.2) is 14.4 Å². The zero-order valence-electron chi connectivity index (χ0n) is 20.9. The van der Waals surface area contributed by atoms with E-state index in [4.69, 9.17) is 14.5 Å². The molecule has 5 aromatic rings. The summed E-state index contributed by atoms with van der Waals surface area (Å²) in [6.07, 6.45) is 1.76. The molecule has 0 saturated carbocycles. The van der Waals surface area contributed by atoms with Crippen LogP contribution in [0.3, 0.4) is 0 Å². The summed E-state index contributed by atoms with van der Waals surface area (Å²) in [5, 5.41) is 9.56. The summed E-state index contributed by atoms with van der Waals surface area (Å²) >= 11 is 0. The summed E-state index contributed by atoms with van der Waals surface area (Å²) in [7, 11) is 0. The monoisotopic (exact) mass is 504 g/mol. The number of hydrogen-bond acceptors (Lipinski definition) is 5. The van der Waals surface area contributed by atoms with Gasteiger partial charge in [-0.2, -0.15) is 5.26 Å². The fraction of sp³-hybridized carbons (Fsp3) is 0.194. The summed E-state index contributed by atoms with van der Waals surface area (Å²) in [5.41, 5.74) is 6.99. The Bertz CT molecular complexity index is 1700. The number of rotatable bonds is 2. The van der Waals surface area contributed by atoms with E-state index in [0.29, 0.717) is 66.5 Å². The molecule has 0 fully saturated rings. The maximum Gasteiger partial charge on any atom is 0.214 e. The first-order valence-corrected chi connectivity index (χ1v) is 12.6. The largest absolute Gasteiger partial charge is 0.493 e. The van der Waals surface area contributed by atoms with Crippen LogP contribution in [0.15, 0.2) is 66.7 Å². The number of imidazole rings is 1. The van der Waals surface area contributed by atoms with Crippen molar-refractivity contribution in [3.05, 3.63) is 106 Å². The molecule has 7 heteroatoms. The quantitative estimate of drug-likeness (QED) is 0.299. The number of nitrogens with one attached hydrogen (secondary N) is 1. The third-order valence-electron chi connectivity index (χ3n) is 6.72. The van der Waals surface area contributed by atoms with Gasteiger partial charge in [0.15, 0.2) is 0 Å². The van der Waals surface area contributed by atoms with E-state index in [2.05, 4.69) is 16.0 Å². The lowest BCUT2D eigenvalue weighted by Crippen LogP contribution is -2.05. The smallest absolute Gasteiger partial charge is 0.214 e. The van der Waals surface area contributed by atoms with Gasteiger partial charge < -0.3 is 14.5 Å². The third kappa shape index (κ3) is 4.81. The van der Waals surface area contributed by atoms with Crippen LogP contribution >= 0.6 is 0 Å². The van der Waals surface area contributed by atoms with Crippen molar-refractivity contribution in [2.75, 3.05) is 6.61 Å². The number of aryl methyl sites for hydroxylation is 2. The summed E-state index contributed by atoms with van der Waals surface area (Å²) in [6.45, 7) is 2.75. The Kier molecular flexibility index (Phi) is 6.22. The van der Waals surface area contributed by atoms with Gasteiger partial charge in [0.05, 0.1) is 35.0 Å². The molecule has 1 aliphatic heterocycles. The van der Waals surface area contributed by atoms with Crippen LogP contribution in [0.5, 0.6) is 11.6 Å². The highest BCUT2D eigenvalue weighted by molar-refractivity contribution is 5.76. The maximum atomic E-state index is 15.5. The molecule has 0 aliphatic carbocycles. The van der Waals surface area contributed by atoms with Crippen molar-refractivity contribution < 1.29 is 13.9 Å². The first-order chi connectivity index (χ1) is 18.6. The Labute approximate surface area is 219 Å². The molecule has 3 heterocycles. The highest BCUT2D eigenvalue weighted by atomic mass is 19.1. The predicted octanol–water partition coefficient (Wildman–Crippen LogP) is 6.44. The number of halogens is 1. The summed E-state index contributed by atoms with van der Waals surface area (Å²) < 4.78 is 27.7. The van der Waals surface area contributed by atoms with E-state index in [-0.39, 0.29) is 0 Å². The minimum Gasteiger partial charge on any atom is -0.493 e. The molecule has 6 nitrogen and oxygen atoms in total. The molecule has 0 saturated heterocycles. The standard InChI is InChI=1S/C31H25FN4O2/c1-19-7-10-27-28(12-19)35-30(34-27)15-23-14-25(32)24-16-29(23)37-11-3-4-21-13-20(8-9-22(21)17-33)18-38-31-6-2-5-26(24)36-31/h2,5-10,12-14,16H,3-4,11,15,18H2,1H3,(H,34,35). The molecule has 0 unspecified atom stereocenters.